The van der Waals surface area contributed by atoms with Crippen LogP contribution in [0.5, 0.6) is 23.0 Å². The number of aromatic nitrogens is 4. The molecule has 0 saturated heterocycles. The second kappa shape index (κ2) is 15.4. The van der Waals surface area contributed by atoms with Crippen LogP contribution in [0.4, 0.5) is 0 Å². The molecule has 5 heterocycles. The third-order valence-electron chi connectivity index (χ3n) is 11.8. The Bertz CT molecular complexity index is 2500. The number of benzene rings is 2. The fraction of sp³-hybridized carbons (Fsp3) is 0.333. The molecule has 8 bridgehead atoms. The zero-order valence-electron chi connectivity index (χ0n) is 35.0. The van der Waals surface area contributed by atoms with Crippen LogP contribution in [0.1, 0.15) is 99.4 Å². The number of aromatic amines is 2. The number of nitrogens with zero attached hydrogens (tertiary/aromatic N) is 2. The van der Waals surface area contributed by atoms with Gasteiger partial charge in [0.25, 0.3) is 0 Å². The lowest BCUT2D eigenvalue weighted by molar-refractivity contribution is 0.404. The second-order valence-electron chi connectivity index (χ2n) is 14.5. The van der Waals surface area contributed by atoms with Crippen LogP contribution < -0.4 is 18.9 Å². The van der Waals surface area contributed by atoms with E-state index in [1.54, 1.807) is 28.4 Å². The summed E-state index contributed by atoms with van der Waals surface area (Å²) in [5.74, 6) is 2.99. The first-order valence-electron chi connectivity index (χ1n) is 19.7. The van der Waals surface area contributed by atoms with Crippen molar-refractivity contribution >= 4 is 44.4 Å². The van der Waals surface area contributed by atoms with Gasteiger partial charge in [-0.05, 0) is 146 Å². The van der Waals surface area contributed by atoms with Gasteiger partial charge in [0.1, 0.15) is 23.0 Å². The summed E-state index contributed by atoms with van der Waals surface area (Å²) in [6, 6.07) is 16.4. The lowest BCUT2D eigenvalue weighted by Gasteiger charge is -2.15. The quantitative estimate of drug-likeness (QED) is 0.148. The molecule has 0 saturated carbocycles. The van der Waals surface area contributed by atoms with Crippen molar-refractivity contribution < 1.29 is 18.9 Å². The maximum absolute atomic E-state index is 6.07. The van der Waals surface area contributed by atoms with Crippen LogP contribution in [-0.4, -0.2) is 48.4 Å². The van der Waals surface area contributed by atoms with Crippen molar-refractivity contribution in [3.63, 3.8) is 0 Å². The predicted molar refractivity (Wildman–Crippen MR) is 232 cm³/mol. The van der Waals surface area contributed by atoms with Gasteiger partial charge in [-0.15, -0.1) is 0 Å². The highest BCUT2D eigenvalue weighted by Crippen LogP contribution is 2.47. The summed E-state index contributed by atoms with van der Waals surface area (Å²) in [5.41, 5.74) is 21.1. The molecule has 7 rings (SSSR count). The molecule has 8 heteroatoms. The number of nitrogens with one attached hydrogen (secondary N) is 2. The minimum Gasteiger partial charge on any atom is -0.497 e. The molecule has 0 unspecified atom stereocenters. The van der Waals surface area contributed by atoms with Crippen LogP contribution >= 0.6 is 0 Å². The molecule has 56 heavy (non-hydrogen) atoms. The molecule has 0 fully saturated rings. The molecule has 0 radical (unpaired) electrons. The van der Waals surface area contributed by atoms with Gasteiger partial charge in [-0.1, -0.05) is 27.7 Å². The summed E-state index contributed by atoms with van der Waals surface area (Å²) in [7, 11) is 6.84. The molecule has 5 aromatic rings. The Labute approximate surface area is 330 Å². The lowest BCUT2D eigenvalue weighted by atomic mass is 9.92. The molecule has 0 aliphatic carbocycles. The highest BCUT2D eigenvalue weighted by molar-refractivity contribution is 6.04. The van der Waals surface area contributed by atoms with Gasteiger partial charge in [0.05, 0.1) is 62.2 Å². The van der Waals surface area contributed by atoms with Gasteiger partial charge in [0.2, 0.25) is 0 Å². The molecule has 0 atom stereocenters. The Morgan fingerprint density at radius 2 is 0.911 bits per heavy atom. The summed E-state index contributed by atoms with van der Waals surface area (Å²) in [4.78, 5) is 19.0. The van der Waals surface area contributed by atoms with Crippen molar-refractivity contribution in [1.29, 1.82) is 0 Å². The Kier molecular flexibility index (Phi) is 10.6. The molecule has 8 nitrogen and oxygen atoms in total. The zero-order valence-corrected chi connectivity index (χ0v) is 35.0. The normalized spacial score (nSPS) is 12.8. The number of allylic oxidation sites excluding steroid dienone is 4. The van der Waals surface area contributed by atoms with Crippen LogP contribution in [0.15, 0.2) is 48.5 Å². The van der Waals surface area contributed by atoms with E-state index in [0.717, 1.165) is 127 Å². The van der Waals surface area contributed by atoms with Crippen LogP contribution in [0.25, 0.3) is 66.6 Å². The minimum atomic E-state index is 0.735. The first-order valence-corrected chi connectivity index (χ1v) is 19.7. The van der Waals surface area contributed by atoms with Crippen molar-refractivity contribution in [3.05, 3.63) is 93.6 Å². The second-order valence-corrected chi connectivity index (χ2v) is 14.5. The van der Waals surface area contributed by atoms with E-state index in [1.807, 2.05) is 24.3 Å². The minimum absolute atomic E-state index is 0.735. The van der Waals surface area contributed by atoms with Crippen molar-refractivity contribution in [3.8, 4) is 45.3 Å². The molecule has 3 aromatic heterocycles. The largest absolute Gasteiger partial charge is 0.497 e. The standard InChI is InChI=1S/C48H54N4O4/c1-13-31-25(5)45-43(35-21-29(53-9)17-19-41(35)55-11)46-27(7)33(15-3)39(51-46)24-40-34(16-4)28(8)48(52-40)44(36-22-30(54-10)18-20-42(36)56-12)47-26(6)32(14-2)38(50-47)23-37(31)49-45/h17-24,49,51H,13-16H2,1-12H3. The average molecular weight is 751 g/mol. The number of methoxy groups -OCH3 is 4. The van der Waals surface area contributed by atoms with Gasteiger partial charge in [-0.2, -0.15) is 0 Å². The Morgan fingerprint density at radius 1 is 0.500 bits per heavy atom. The van der Waals surface area contributed by atoms with E-state index in [4.69, 9.17) is 28.9 Å². The van der Waals surface area contributed by atoms with Gasteiger partial charge in [0.15, 0.2) is 0 Å². The van der Waals surface area contributed by atoms with Gasteiger partial charge >= 0.3 is 0 Å². The molecule has 2 N–H and O–H groups in total. The van der Waals surface area contributed by atoms with E-state index in [1.165, 1.54) is 33.4 Å². The lowest BCUT2D eigenvalue weighted by Crippen LogP contribution is -1.97. The van der Waals surface area contributed by atoms with E-state index in [2.05, 4.69) is 89.6 Å². The molecular formula is C48H54N4O4. The summed E-state index contributed by atoms with van der Waals surface area (Å²) in [5, 5.41) is 0. The van der Waals surface area contributed by atoms with Crippen LogP contribution in [0, 0.1) is 13.8 Å². The molecule has 2 aliphatic rings. The monoisotopic (exact) mass is 750 g/mol. The molecular weight excluding hydrogens is 697 g/mol. The molecule has 290 valence electrons. The Balaban J connectivity index is 1.79. The van der Waals surface area contributed by atoms with E-state index in [0.29, 0.717) is 0 Å². The molecule has 0 spiro atoms. The van der Waals surface area contributed by atoms with E-state index < -0.39 is 0 Å². The van der Waals surface area contributed by atoms with Gasteiger partial charge in [-0.3, -0.25) is 0 Å². The van der Waals surface area contributed by atoms with Crippen LogP contribution in [0.3, 0.4) is 0 Å². The SMILES string of the molecule is CCC1=C(C)c2nc1cc1[nH]c(c(C)c1CC)c(-c1cc(OC)ccc1OC)c1[nH]c(cc3nc(c2-c2cc(OC)ccc2OC)C(C)=C3CC)c(CC)c1C. The number of ether oxygens (including phenoxy) is 4. The van der Waals surface area contributed by atoms with E-state index >= 15 is 0 Å². The zero-order chi connectivity index (χ0) is 40.0. The smallest absolute Gasteiger partial charge is 0.127 e. The molecule has 2 aromatic carbocycles. The fourth-order valence-electron chi connectivity index (χ4n) is 8.86. The van der Waals surface area contributed by atoms with Gasteiger partial charge in [0, 0.05) is 33.3 Å². The van der Waals surface area contributed by atoms with E-state index in [9.17, 15) is 0 Å². The number of hydrogen-bond donors (Lipinski definition) is 2. The summed E-state index contributed by atoms with van der Waals surface area (Å²) in [6.45, 7) is 17.7. The molecule has 0 amide bonds. The molecule has 2 aliphatic heterocycles. The Morgan fingerprint density at radius 3 is 1.27 bits per heavy atom. The third kappa shape index (κ3) is 6.16. The highest BCUT2D eigenvalue weighted by atomic mass is 16.5. The number of rotatable bonds is 10. The van der Waals surface area contributed by atoms with Crippen LogP contribution in [-0.2, 0) is 12.8 Å². The predicted octanol–water partition coefficient (Wildman–Crippen LogP) is 12.1. The highest BCUT2D eigenvalue weighted by Gasteiger charge is 2.28. The maximum Gasteiger partial charge on any atom is 0.127 e. The Hall–Kier alpha value is -5.76. The van der Waals surface area contributed by atoms with Gasteiger partial charge in [-0.25, -0.2) is 9.97 Å². The summed E-state index contributed by atoms with van der Waals surface area (Å²) >= 11 is 0. The first kappa shape index (κ1) is 38.5. The number of H-pyrrole nitrogens is 2. The van der Waals surface area contributed by atoms with Gasteiger partial charge < -0.3 is 28.9 Å². The van der Waals surface area contributed by atoms with Crippen molar-refractivity contribution in [2.24, 2.45) is 0 Å². The fourth-order valence-corrected chi connectivity index (χ4v) is 8.86. The van der Waals surface area contributed by atoms with Crippen molar-refractivity contribution in [1.82, 2.24) is 19.9 Å². The first-order chi connectivity index (χ1) is 27.1. The van der Waals surface area contributed by atoms with Crippen molar-refractivity contribution in [2.75, 3.05) is 28.4 Å². The number of aryl methyl sites for hydroxylation is 4. The maximum atomic E-state index is 6.07. The topological polar surface area (TPSA) is 94.3 Å². The summed E-state index contributed by atoms with van der Waals surface area (Å²) < 4.78 is 23.7. The number of fused-ring (bicyclic) bond motifs is 8. The summed E-state index contributed by atoms with van der Waals surface area (Å²) in [6.07, 6.45) is 3.31. The average Bonchev–Trinajstić information content (AvgIpc) is 3.90. The van der Waals surface area contributed by atoms with E-state index in [-0.39, 0.29) is 0 Å². The third-order valence-corrected chi connectivity index (χ3v) is 11.8. The number of hydrogen-bond acceptors (Lipinski definition) is 6. The van der Waals surface area contributed by atoms with Crippen molar-refractivity contribution in [2.45, 2.75) is 81.1 Å². The van der Waals surface area contributed by atoms with Crippen LogP contribution in [0.2, 0.25) is 0 Å².